The third-order valence-electron chi connectivity index (χ3n) is 3.68. The van der Waals surface area contributed by atoms with Gasteiger partial charge in [-0.05, 0) is 43.2 Å². The molecule has 0 bridgehead atoms. The normalized spacial score (nSPS) is 11.4. The van der Waals surface area contributed by atoms with E-state index in [0.717, 1.165) is 5.56 Å². The van der Waals surface area contributed by atoms with Crippen LogP contribution in [-0.2, 0) is 16.1 Å². The van der Waals surface area contributed by atoms with E-state index in [2.05, 4.69) is 10.6 Å². The third-order valence-corrected chi connectivity index (χ3v) is 3.68. The Bertz CT molecular complexity index is 755. The van der Waals surface area contributed by atoms with Gasteiger partial charge in [-0.25, -0.2) is 0 Å². The van der Waals surface area contributed by atoms with Gasteiger partial charge in [0.1, 0.15) is 11.8 Å². The van der Waals surface area contributed by atoms with Crippen molar-refractivity contribution in [3.63, 3.8) is 0 Å². The molecule has 1 aromatic carbocycles. The molecule has 2 aromatic rings. The lowest BCUT2D eigenvalue weighted by Gasteiger charge is -2.13. The van der Waals surface area contributed by atoms with Crippen LogP contribution in [-0.4, -0.2) is 35.5 Å². The molecule has 1 heterocycles. The number of hydrogen-bond donors (Lipinski definition) is 3. The van der Waals surface area contributed by atoms with E-state index in [0.29, 0.717) is 25.3 Å². The number of furan rings is 1. The lowest BCUT2D eigenvalue weighted by molar-refractivity contribution is -0.137. The zero-order chi connectivity index (χ0) is 19.6. The molecular formula is C19H22N2O6. The number of nitrogens with one attached hydrogen (secondary N) is 2. The molecule has 0 fully saturated rings. The molecule has 0 aliphatic rings. The minimum atomic E-state index is -0.848. The van der Waals surface area contributed by atoms with Crippen LogP contribution in [0.3, 0.4) is 0 Å². The monoisotopic (exact) mass is 374 g/mol. The molecule has 27 heavy (non-hydrogen) atoms. The van der Waals surface area contributed by atoms with E-state index in [9.17, 15) is 14.4 Å². The molecule has 8 heteroatoms. The number of carbonyl (C=O) groups is 3. The van der Waals surface area contributed by atoms with E-state index in [1.54, 1.807) is 37.3 Å². The Hall–Kier alpha value is -3.29. The Morgan fingerprint density at radius 3 is 2.56 bits per heavy atom. The lowest BCUT2D eigenvalue weighted by atomic mass is 10.2. The number of ether oxygens (including phenoxy) is 1. The summed E-state index contributed by atoms with van der Waals surface area (Å²) in [6.45, 7) is 2.22. The highest BCUT2D eigenvalue weighted by Crippen LogP contribution is 2.12. The third kappa shape index (κ3) is 6.85. The Labute approximate surface area is 156 Å². The van der Waals surface area contributed by atoms with Gasteiger partial charge in [0.25, 0.3) is 5.91 Å². The van der Waals surface area contributed by atoms with Crippen molar-refractivity contribution in [3.05, 3.63) is 54.0 Å². The van der Waals surface area contributed by atoms with Gasteiger partial charge in [-0.2, -0.15) is 0 Å². The van der Waals surface area contributed by atoms with Crippen LogP contribution in [0.2, 0.25) is 0 Å². The molecule has 144 valence electrons. The van der Waals surface area contributed by atoms with Gasteiger partial charge in [-0.15, -0.1) is 0 Å². The van der Waals surface area contributed by atoms with Crippen LogP contribution in [0.4, 0.5) is 0 Å². The van der Waals surface area contributed by atoms with Crippen molar-refractivity contribution >= 4 is 17.8 Å². The second-order valence-corrected chi connectivity index (χ2v) is 5.88. The maximum Gasteiger partial charge on any atom is 0.303 e. The van der Waals surface area contributed by atoms with Crippen molar-refractivity contribution in [1.82, 2.24) is 10.6 Å². The highest BCUT2D eigenvalue weighted by Gasteiger charge is 2.17. The first-order valence-electron chi connectivity index (χ1n) is 8.51. The molecule has 0 saturated heterocycles. The lowest BCUT2D eigenvalue weighted by Crippen LogP contribution is -2.44. The van der Waals surface area contributed by atoms with E-state index in [1.165, 1.54) is 12.3 Å². The first-order chi connectivity index (χ1) is 13.0. The van der Waals surface area contributed by atoms with Crippen molar-refractivity contribution in [2.24, 2.45) is 0 Å². The van der Waals surface area contributed by atoms with E-state index >= 15 is 0 Å². The fraction of sp³-hybridized carbons (Fsp3) is 0.316. The highest BCUT2D eigenvalue weighted by atomic mass is 16.5. The molecule has 2 rings (SSSR count). The number of hydrogen-bond acceptors (Lipinski definition) is 5. The SMILES string of the molecule is CC(NC(=O)c1ccco1)C(=O)NCc1ccc(OCCCC(=O)O)cc1. The van der Waals surface area contributed by atoms with Crippen LogP contribution in [0, 0.1) is 0 Å². The number of aliphatic carboxylic acids is 1. The van der Waals surface area contributed by atoms with Crippen molar-refractivity contribution in [2.75, 3.05) is 6.61 Å². The minimum absolute atomic E-state index is 0.0682. The average molecular weight is 374 g/mol. The Morgan fingerprint density at radius 2 is 1.93 bits per heavy atom. The fourth-order valence-corrected chi connectivity index (χ4v) is 2.20. The van der Waals surface area contributed by atoms with E-state index in [1.807, 2.05) is 0 Å². The van der Waals surface area contributed by atoms with Gasteiger partial charge in [0.15, 0.2) is 5.76 Å². The summed E-state index contributed by atoms with van der Waals surface area (Å²) in [6, 6.07) is 9.52. The van der Waals surface area contributed by atoms with Crippen molar-refractivity contribution in [1.29, 1.82) is 0 Å². The van der Waals surface area contributed by atoms with Gasteiger partial charge in [0.05, 0.1) is 12.9 Å². The summed E-state index contributed by atoms with van der Waals surface area (Å²) < 4.78 is 10.4. The number of carboxylic acid groups (broad SMARTS) is 1. The Kier molecular flexibility index (Phi) is 7.42. The van der Waals surface area contributed by atoms with Crippen LogP contribution < -0.4 is 15.4 Å². The molecule has 1 atom stereocenters. The van der Waals surface area contributed by atoms with Gasteiger partial charge in [-0.3, -0.25) is 14.4 Å². The molecule has 1 unspecified atom stereocenters. The fourth-order valence-electron chi connectivity index (χ4n) is 2.20. The number of rotatable bonds is 10. The topological polar surface area (TPSA) is 118 Å². The number of carboxylic acids is 1. The number of benzene rings is 1. The summed E-state index contributed by atoms with van der Waals surface area (Å²) >= 11 is 0. The Morgan fingerprint density at radius 1 is 1.19 bits per heavy atom. The molecule has 0 radical (unpaired) electrons. The van der Waals surface area contributed by atoms with Gasteiger partial charge in [0.2, 0.25) is 5.91 Å². The highest BCUT2D eigenvalue weighted by molar-refractivity contribution is 5.95. The second-order valence-electron chi connectivity index (χ2n) is 5.88. The van der Waals surface area contributed by atoms with Gasteiger partial charge < -0.3 is 24.9 Å². The molecule has 0 aliphatic carbocycles. The molecule has 3 N–H and O–H groups in total. The van der Waals surface area contributed by atoms with E-state index < -0.39 is 17.9 Å². The molecule has 0 spiro atoms. The van der Waals surface area contributed by atoms with Crippen LogP contribution >= 0.6 is 0 Å². The molecule has 0 saturated carbocycles. The van der Waals surface area contributed by atoms with Crippen molar-refractivity contribution < 1.29 is 28.6 Å². The smallest absolute Gasteiger partial charge is 0.303 e. The first kappa shape index (κ1) is 20.0. The van der Waals surface area contributed by atoms with Crippen molar-refractivity contribution in [3.8, 4) is 5.75 Å². The average Bonchev–Trinajstić information content (AvgIpc) is 3.19. The van der Waals surface area contributed by atoms with E-state index in [-0.39, 0.29) is 18.1 Å². The molecule has 8 nitrogen and oxygen atoms in total. The van der Waals surface area contributed by atoms with Crippen LogP contribution in [0.1, 0.15) is 35.9 Å². The van der Waals surface area contributed by atoms with Crippen LogP contribution in [0.5, 0.6) is 5.75 Å². The minimum Gasteiger partial charge on any atom is -0.494 e. The Balaban J connectivity index is 1.72. The summed E-state index contributed by atoms with van der Waals surface area (Å²) in [6.07, 6.45) is 1.90. The van der Waals surface area contributed by atoms with Gasteiger partial charge in [-0.1, -0.05) is 12.1 Å². The summed E-state index contributed by atoms with van der Waals surface area (Å²) in [4.78, 5) is 34.4. The maximum atomic E-state index is 12.1. The summed E-state index contributed by atoms with van der Waals surface area (Å²) in [5.41, 5.74) is 0.866. The number of carbonyl (C=O) groups excluding carboxylic acids is 2. The van der Waals surface area contributed by atoms with Crippen LogP contribution in [0.25, 0.3) is 0 Å². The van der Waals surface area contributed by atoms with Crippen molar-refractivity contribution in [2.45, 2.75) is 32.4 Å². The van der Waals surface area contributed by atoms with Gasteiger partial charge >= 0.3 is 5.97 Å². The maximum absolute atomic E-state index is 12.1. The quantitative estimate of drug-likeness (QED) is 0.547. The number of amides is 2. The molecule has 0 aliphatic heterocycles. The standard InChI is InChI=1S/C19H22N2O6/c1-13(21-19(25)16-4-2-11-27-16)18(24)20-12-14-6-8-15(9-7-14)26-10-3-5-17(22)23/h2,4,6-9,11,13H,3,5,10,12H2,1H3,(H,20,24)(H,21,25)(H,22,23). The molecule has 1 aromatic heterocycles. The van der Waals surface area contributed by atoms with Crippen LogP contribution in [0.15, 0.2) is 47.1 Å². The molecular weight excluding hydrogens is 352 g/mol. The first-order valence-corrected chi connectivity index (χ1v) is 8.51. The predicted molar refractivity (Wildman–Crippen MR) is 96.3 cm³/mol. The zero-order valence-electron chi connectivity index (χ0n) is 14.9. The predicted octanol–water partition coefficient (Wildman–Crippen LogP) is 1.96. The molecule has 2 amide bonds. The largest absolute Gasteiger partial charge is 0.494 e. The zero-order valence-corrected chi connectivity index (χ0v) is 14.9. The van der Waals surface area contributed by atoms with E-state index in [4.69, 9.17) is 14.3 Å². The summed E-state index contributed by atoms with van der Waals surface area (Å²) in [5.74, 6) is -0.835. The summed E-state index contributed by atoms with van der Waals surface area (Å²) in [5, 5.41) is 13.9. The van der Waals surface area contributed by atoms with Gasteiger partial charge in [0, 0.05) is 13.0 Å². The second kappa shape index (κ2) is 10.0. The summed E-state index contributed by atoms with van der Waals surface area (Å²) in [7, 11) is 0.